The van der Waals surface area contributed by atoms with Gasteiger partial charge in [-0.25, -0.2) is 4.98 Å². The summed E-state index contributed by atoms with van der Waals surface area (Å²) in [6.45, 7) is 2.59. The van der Waals surface area contributed by atoms with Crippen molar-refractivity contribution in [3.8, 4) is 0 Å². The first-order chi connectivity index (χ1) is 13.2. The fraction of sp³-hybridized carbons (Fsp3) is 0.130. The Morgan fingerprint density at radius 2 is 1.70 bits per heavy atom. The lowest BCUT2D eigenvalue weighted by Crippen LogP contribution is -2.30. The minimum absolute atomic E-state index is 0.0525. The van der Waals surface area contributed by atoms with Crippen LogP contribution in [0.25, 0.3) is 10.8 Å². The number of carbonyl (C=O) groups is 1. The molecular weight excluding hydrogens is 352 g/mol. The molecule has 0 saturated carbocycles. The van der Waals surface area contributed by atoms with Gasteiger partial charge in [-0.1, -0.05) is 60.7 Å². The fourth-order valence-electron chi connectivity index (χ4n) is 3.19. The van der Waals surface area contributed by atoms with E-state index in [9.17, 15) is 4.79 Å². The maximum absolute atomic E-state index is 13.0. The van der Waals surface area contributed by atoms with Gasteiger partial charge in [-0.2, -0.15) is 0 Å². The van der Waals surface area contributed by atoms with E-state index in [1.54, 1.807) is 4.90 Å². The topological polar surface area (TPSA) is 33.2 Å². The van der Waals surface area contributed by atoms with Gasteiger partial charge >= 0.3 is 0 Å². The van der Waals surface area contributed by atoms with Crippen LogP contribution in [-0.2, 0) is 6.42 Å². The largest absolute Gasteiger partial charge is 0.307 e. The van der Waals surface area contributed by atoms with E-state index in [2.05, 4.69) is 41.4 Å². The second-order valence-corrected chi connectivity index (χ2v) is 7.31. The maximum atomic E-state index is 13.0. The molecular formula is C23H20N2OS. The highest BCUT2D eigenvalue weighted by Crippen LogP contribution is 2.24. The molecule has 3 aromatic carbocycles. The minimum Gasteiger partial charge on any atom is -0.307 e. The van der Waals surface area contributed by atoms with Crippen LogP contribution in [0.5, 0.6) is 0 Å². The van der Waals surface area contributed by atoms with Gasteiger partial charge in [0.2, 0.25) is 0 Å². The summed E-state index contributed by atoms with van der Waals surface area (Å²) in [6, 6.07) is 24.5. The predicted octanol–water partition coefficient (Wildman–Crippen LogP) is 5.55. The average molecular weight is 372 g/mol. The van der Waals surface area contributed by atoms with Gasteiger partial charge in [-0.15, -0.1) is 11.3 Å². The molecule has 0 fully saturated rings. The quantitative estimate of drug-likeness (QED) is 0.460. The Hall–Kier alpha value is -2.98. The Labute approximate surface area is 162 Å². The zero-order chi connectivity index (χ0) is 18.6. The summed E-state index contributed by atoms with van der Waals surface area (Å²) >= 11 is 1.54. The highest BCUT2D eigenvalue weighted by atomic mass is 32.1. The molecule has 4 heteroatoms. The number of carbonyl (C=O) groups excluding carboxylic acids is 1. The van der Waals surface area contributed by atoms with Crippen molar-refractivity contribution in [1.82, 2.24) is 4.98 Å². The van der Waals surface area contributed by atoms with Gasteiger partial charge in [0.05, 0.1) is 5.01 Å². The molecule has 0 N–H and O–H groups in total. The van der Waals surface area contributed by atoms with E-state index in [0.717, 1.165) is 22.5 Å². The number of aromatic nitrogens is 1. The van der Waals surface area contributed by atoms with Crippen molar-refractivity contribution >= 4 is 33.7 Å². The van der Waals surface area contributed by atoms with Crippen LogP contribution in [-0.4, -0.2) is 17.4 Å². The smallest absolute Gasteiger partial charge is 0.277 e. The first kappa shape index (κ1) is 17.4. The van der Waals surface area contributed by atoms with E-state index in [0.29, 0.717) is 12.2 Å². The Balaban J connectivity index is 1.58. The van der Waals surface area contributed by atoms with Gasteiger partial charge in [-0.05, 0) is 35.4 Å². The van der Waals surface area contributed by atoms with E-state index < -0.39 is 0 Å². The second-order valence-electron chi connectivity index (χ2n) is 6.37. The fourth-order valence-corrected chi connectivity index (χ4v) is 3.99. The third-order valence-corrected chi connectivity index (χ3v) is 5.42. The van der Waals surface area contributed by atoms with Crippen molar-refractivity contribution in [3.05, 3.63) is 94.4 Å². The van der Waals surface area contributed by atoms with Crippen molar-refractivity contribution < 1.29 is 4.79 Å². The van der Waals surface area contributed by atoms with E-state index >= 15 is 0 Å². The Bertz CT molecular complexity index is 1070. The van der Waals surface area contributed by atoms with E-state index in [-0.39, 0.29) is 5.91 Å². The molecule has 0 atom stereocenters. The molecule has 0 saturated heterocycles. The van der Waals surface area contributed by atoms with Crippen LogP contribution in [0.2, 0.25) is 0 Å². The molecule has 0 radical (unpaired) electrons. The Morgan fingerprint density at radius 1 is 0.963 bits per heavy atom. The molecule has 0 bridgehead atoms. The number of hydrogen-bond donors (Lipinski definition) is 0. The predicted molar refractivity (Wildman–Crippen MR) is 113 cm³/mol. The number of rotatable bonds is 5. The lowest BCUT2D eigenvalue weighted by Gasteiger charge is -2.20. The molecule has 134 valence electrons. The number of hydrogen-bond acceptors (Lipinski definition) is 3. The highest BCUT2D eigenvalue weighted by molar-refractivity contribution is 7.09. The van der Waals surface area contributed by atoms with Crippen molar-refractivity contribution in [2.24, 2.45) is 0 Å². The summed E-state index contributed by atoms with van der Waals surface area (Å²) < 4.78 is 0. The van der Waals surface area contributed by atoms with Crippen molar-refractivity contribution in [3.63, 3.8) is 0 Å². The lowest BCUT2D eigenvalue weighted by molar-refractivity contribution is 0.0984. The molecule has 1 heterocycles. The molecule has 4 aromatic rings. The number of fused-ring (bicyclic) bond motifs is 1. The molecule has 1 aromatic heterocycles. The number of benzene rings is 3. The van der Waals surface area contributed by atoms with Gasteiger partial charge in [0.15, 0.2) is 0 Å². The molecule has 3 nitrogen and oxygen atoms in total. The van der Waals surface area contributed by atoms with Crippen LogP contribution in [0.3, 0.4) is 0 Å². The number of amides is 1. The summed E-state index contributed by atoms with van der Waals surface area (Å²) in [5.41, 5.74) is 2.62. The van der Waals surface area contributed by atoms with Crippen molar-refractivity contribution in [1.29, 1.82) is 0 Å². The first-order valence-electron chi connectivity index (χ1n) is 9.03. The van der Waals surface area contributed by atoms with Gasteiger partial charge < -0.3 is 4.90 Å². The third kappa shape index (κ3) is 3.76. The van der Waals surface area contributed by atoms with Crippen LogP contribution in [0.1, 0.15) is 28.0 Å². The summed E-state index contributed by atoms with van der Waals surface area (Å²) in [6.07, 6.45) is 0.751. The minimum atomic E-state index is -0.0525. The lowest BCUT2D eigenvalue weighted by atomic mass is 10.1. The molecule has 0 aliphatic heterocycles. The molecule has 1 amide bonds. The summed E-state index contributed by atoms with van der Waals surface area (Å²) in [4.78, 5) is 19.4. The zero-order valence-electron chi connectivity index (χ0n) is 15.1. The van der Waals surface area contributed by atoms with Crippen LogP contribution < -0.4 is 4.90 Å². The number of thiazole rings is 1. The second kappa shape index (κ2) is 7.72. The Morgan fingerprint density at radius 3 is 2.48 bits per heavy atom. The van der Waals surface area contributed by atoms with Crippen LogP contribution in [0, 0.1) is 0 Å². The molecule has 0 unspecified atom stereocenters. The molecule has 0 aliphatic rings. The number of anilines is 1. The zero-order valence-corrected chi connectivity index (χ0v) is 15.9. The number of nitrogens with zero attached hydrogens (tertiary/aromatic N) is 2. The summed E-state index contributed by atoms with van der Waals surface area (Å²) in [7, 11) is 0. The van der Waals surface area contributed by atoms with Gasteiger partial charge in [0.1, 0.15) is 5.69 Å². The van der Waals surface area contributed by atoms with Crippen LogP contribution in [0.15, 0.2) is 78.2 Å². The van der Waals surface area contributed by atoms with Gasteiger partial charge in [-0.3, -0.25) is 4.79 Å². The van der Waals surface area contributed by atoms with Crippen LogP contribution >= 0.6 is 11.3 Å². The summed E-state index contributed by atoms with van der Waals surface area (Å²) in [5, 5.41) is 5.12. The van der Waals surface area contributed by atoms with E-state index in [4.69, 9.17) is 0 Å². The van der Waals surface area contributed by atoms with Gasteiger partial charge in [0.25, 0.3) is 5.91 Å². The third-order valence-electron chi connectivity index (χ3n) is 4.58. The first-order valence-corrected chi connectivity index (χ1v) is 9.91. The highest BCUT2D eigenvalue weighted by Gasteiger charge is 2.19. The van der Waals surface area contributed by atoms with E-state index in [1.165, 1.54) is 22.3 Å². The van der Waals surface area contributed by atoms with E-state index in [1.807, 2.05) is 48.7 Å². The van der Waals surface area contributed by atoms with Crippen molar-refractivity contribution in [2.75, 3.05) is 11.4 Å². The molecule has 4 rings (SSSR count). The standard InChI is InChI=1S/C23H20N2OS/c1-2-25(20-13-12-18-10-6-7-11-19(18)15-20)23(26)21-16-27-22(24-21)14-17-8-4-3-5-9-17/h3-13,15-16H,2,14H2,1H3. The molecule has 27 heavy (non-hydrogen) atoms. The molecule has 0 spiro atoms. The normalized spacial score (nSPS) is 10.9. The van der Waals surface area contributed by atoms with Crippen molar-refractivity contribution in [2.45, 2.75) is 13.3 Å². The Kier molecular flexibility index (Phi) is 4.99. The molecule has 0 aliphatic carbocycles. The van der Waals surface area contributed by atoms with Gasteiger partial charge in [0, 0.05) is 24.0 Å². The maximum Gasteiger partial charge on any atom is 0.277 e. The summed E-state index contributed by atoms with van der Waals surface area (Å²) in [5.74, 6) is -0.0525. The van der Waals surface area contributed by atoms with Crippen LogP contribution in [0.4, 0.5) is 5.69 Å². The average Bonchev–Trinajstić information content (AvgIpc) is 3.17. The SMILES string of the molecule is CCN(C(=O)c1csc(Cc2ccccc2)n1)c1ccc2ccccc2c1. The monoisotopic (exact) mass is 372 g/mol.